The molecule has 84 valence electrons. The van der Waals surface area contributed by atoms with Crippen LogP contribution in [0.1, 0.15) is 11.1 Å². The summed E-state index contributed by atoms with van der Waals surface area (Å²) in [6.45, 7) is 0.706. The minimum Gasteiger partial charge on any atom is -0.367 e. The Morgan fingerprint density at radius 2 is 2.00 bits per heavy atom. The summed E-state index contributed by atoms with van der Waals surface area (Å²) in [6.07, 6.45) is 5.88. The molecule has 0 fully saturated rings. The first-order valence-corrected chi connectivity index (χ1v) is 5.24. The van der Waals surface area contributed by atoms with Crippen LogP contribution >= 0.6 is 0 Å². The molecule has 0 aromatic carbocycles. The SMILES string of the molecule is N#Cc1ccnnc1NCCc1ccncc1. The van der Waals surface area contributed by atoms with Crippen molar-refractivity contribution < 1.29 is 0 Å². The Balaban J connectivity index is 1.93. The normalized spacial score (nSPS) is 9.59. The number of hydrogen-bond acceptors (Lipinski definition) is 5. The highest BCUT2D eigenvalue weighted by atomic mass is 15.2. The average molecular weight is 225 g/mol. The summed E-state index contributed by atoms with van der Waals surface area (Å²) in [7, 11) is 0. The minimum absolute atomic E-state index is 0.509. The van der Waals surface area contributed by atoms with Gasteiger partial charge in [0.2, 0.25) is 0 Å². The molecule has 5 heteroatoms. The van der Waals surface area contributed by atoms with Crippen molar-refractivity contribution in [3.63, 3.8) is 0 Å². The van der Waals surface area contributed by atoms with Gasteiger partial charge in [0.05, 0.1) is 11.8 Å². The van der Waals surface area contributed by atoms with Gasteiger partial charge in [-0.1, -0.05) is 0 Å². The van der Waals surface area contributed by atoms with Crippen molar-refractivity contribution in [1.29, 1.82) is 5.26 Å². The highest BCUT2D eigenvalue weighted by molar-refractivity contribution is 5.50. The van der Waals surface area contributed by atoms with E-state index in [1.54, 1.807) is 18.5 Å². The predicted octanol–water partition coefficient (Wildman–Crippen LogP) is 1.40. The number of pyridine rings is 1. The van der Waals surface area contributed by atoms with Crippen LogP contribution in [0.4, 0.5) is 5.82 Å². The second-order valence-corrected chi connectivity index (χ2v) is 3.44. The molecule has 5 nitrogen and oxygen atoms in total. The van der Waals surface area contributed by atoms with Crippen molar-refractivity contribution in [2.24, 2.45) is 0 Å². The third-order valence-electron chi connectivity index (χ3n) is 2.30. The van der Waals surface area contributed by atoms with Crippen LogP contribution in [0, 0.1) is 11.3 Å². The van der Waals surface area contributed by atoms with Crippen LogP contribution in [0.5, 0.6) is 0 Å². The van der Waals surface area contributed by atoms with Gasteiger partial charge in [0.25, 0.3) is 0 Å². The van der Waals surface area contributed by atoms with E-state index < -0.39 is 0 Å². The van der Waals surface area contributed by atoms with Crippen LogP contribution in [0.25, 0.3) is 0 Å². The zero-order valence-corrected chi connectivity index (χ0v) is 9.17. The summed E-state index contributed by atoms with van der Waals surface area (Å²) < 4.78 is 0. The van der Waals surface area contributed by atoms with Crippen molar-refractivity contribution in [1.82, 2.24) is 15.2 Å². The maximum atomic E-state index is 8.87. The van der Waals surface area contributed by atoms with Gasteiger partial charge >= 0.3 is 0 Å². The molecule has 0 radical (unpaired) electrons. The van der Waals surface area contributed by atoms with Crippen molar-refractivity contribution in [3.8, 4) is 6.07 Å². The number of hydrogen-bond donors (Lipinski definition) is 1. The van der Waals surface area contributed by atoms with Gasteiger partial charge in [-0.15, -0.1) is 5.10 Å². The Kier molecular flexibility index (Phi) is 3.61. The second kappa shape index (κ2) is 5.56. The minimum atomic E-state index is 0.509. The summed E-state index contributed by atoms with van der Waals surface area (Å²) in [5.74, 6) is 0.532. The molecule has 2 aromatic heterocycles. The second-order valence-electron chi connectivity index (χ2n) is 3.44. The molecule has 0 aliphatic carbocycles. The summed E-state index contributed by atoms with van der Waals surface area (Å²) in [6, 6.07) is 7.63. The fraction of sp³-hybridized carbons (Fsp3) is 0.167. The monoisotopic (exact) mass is 225 g/mol. The molecule has 0 aliphatic heterocycles. The largest absolute Gasteiger partial charge is 0.367 e. The van der Waals surface area contributed by atoms with Crippen molar-refractivity contribution in [2.75, 3.05) is 11.9 Å². The van der Waals surface area contributed by atoms with E-state index in [-0.39, 0.29) is 0 Å². The standard InChI is InChI=1S/C12H11N5/c13-9-11-4-8-16-17-12(11)15-7-3-10-1-5-14-6-2-10/h1-2,4-6,8H,3,7H2,(H,15,17). The molecule has 17 heavy (non-hydrogen) atoms. The zero-order chi connectivity index (χ0) is 11.9. The molecular weight excluding hydrogens is 214 g/mol. The van der Waals surface area contributed by atoms with Crippen LogP contribution in [0.2, 0.25) is 0 Å². The Morgan fingerprint density at radius 3 is 2.76 bits per heavy atom. The smallest absolute Gasteiger partial charge is 0.166 e. The van der Waals surface area contributed by atoms with E-state index in [1.807, 2.05) is 12.1 Å². The Labute approximate surface area is 99.2 Å². The molecule has 0 spiro atoms. The molecule has 0 unspecified atom stereocenters. The molecule has 2 heterocycles. The zero-order valence-electron chi connectivity index (χ0n) is 9.17. The molecule has 2 rings (SSSR count). The van der Waals surface area contributed by atoms with Crippen LogP contribution in [-0.2, 0) is 6.42 Å². The van der Waals surface area contributed by atoms with Gasteiger partial charge in [0.15, 0.2) is 5.82 Å². The average Bonchev–Trinajstić information content (AvgIpc) is 2.40. The maximum Gasteiger partial charge on any atom is 0.166 e. The fourth-order valence-corrected chi connectivity index (χ4v) is 1.43. The lowest BCUT2D eigenvalue weighted by Crippen LogP contribution is -2.08. The van der Waals surface area contributed by atoms with E-state index in [1.165, 1.54) is 11.8 Å². The van der Waals surface area contributed by atoms with Gasteiger partial charge in [-0.05, 0) is 30.2 Å². The van der Waals surface area contributed by atoms with Crippen LogP contribution < -0.4 is 5.32 Å². The lowest BCUT2D eigenvalue weighted by atomic mass is 10.2. The first kappa shape index (κ1) is 11.0. The van der Waals surface area contributed by atoms with Crippen molar-refractivity contribution >= 4 is 5.82 Å². The van der Waals surface area contributed by atoms with Gasteiger partial charge in [-0.25, -0.2) is 0 Å². The van der Waals surface area contributed by atoms with E-state index in [0.717, 1.165) is 6.42 Å². The third-order valence-corrected chi connectivity index (χ3v) is 2.30. The van der Waals surface area contributed by atoms with Crippen molar-refractivity contribution in [3.05, 3.63) is 47.9 Å². The first-order valence-electron chi connectivity index (χ1n) is 5.24. The third kappa shape index (κ3) is 2.98. The molecule has 2 aromatic rings. The van der Waals surface area contributed by atoms with E-state index in [2.05, 4.69) is 26.6 Å². The molecule has 0 atom stereocenters. The molecule has 1 N–H and O–H groups in total. The maximum absolute atomic E-state index is 8.87. The number of anilines is 1. The van der Waals surface area contributed by atoms with Gasteiger partial charge < -0.3 is 5.32 Å². The summed E-state index contributed by atoms with van der Waals surface area (Å²) in [5.41, 5.74) is 1.70. The molecular formula is C12H11N5. The van der Waals surface area contributed by atoms with E-state index in [9.17, 15) is 0 Å². The number of nitrogens with zero attached hydrogens (tertiary/aromatic N) is 4. The van der Waals surface area contributed by atoms with Gasteiger partial charge in [0.1, 0.15) is 6.07 Å². The van der Waals surface area contributed by atoms with Crippen LogP contribution in [-0.4, -0.2) is 21.7 Å². The topological polar surface area (TPSA) is 74.5 Å². The van der Waals surface area contributed by atoms with Crippen LogP contribution in [0.3, 0.4) is 0 Å². The van der Waals surface area contributed by atoms with Gasteiger partial charge in [-0.3, -0.25) is 4.98 Å². The molecule has 0 amide bonds. The van der Waals surface area contributed by atoms with Crippen LogP contribution in [0.15, 0.2) is 36.8 Å². The number of rotatable bonds is 4. The van der Waals surface area contributed by atoms with E-state index in [4.69, 9.17) is 5.26 Å². The van der Waals surface area contributed by atoms with Gasteiger partial charge in [0, 0.05) is 18.9 Å². The highest BCUT2D eigenvalue weighted by Crippen LogP contribution is 2.08. The summed E-state index contributed by atoms with van der Waals surface area (Å²) in [4.78, 5) is 3.95. The summed E-state index contributed by atoms with van der Waals surface area (Å²) in [5, 5.41) is 19.6. The Morgan fingerprint density at radius 1 is 1.18 bits per heavy atom. The quantitative estimate of drug-likeness (QED) is 0.851. The number of nitrogens with one attached hydrogen (secondary N) is 1. The highest BCUT2D eigenvalue weighted by Gasteiger charge is 2.01. The molecule has 0 bridgehead atoms. The first-order chi connectivity index (χ1) is 8.40. The Hall–Kier alpha value is -2.48. The van der Waals surface area contributed by atoms with E-state index in [0.29, 0.717) is 17.9 Å². The lowest BCUT2D eigenvalue weighted by Gasteiger charge is -2.05. The van der Waals surface area contributed by atoms with Crippen molar-refractivity contribution in [2.45, 2.75) is 6.42 Å². The molecule has 0 saturated carbocycles. The fourth-order valence-electron chi connectivity index (χ4n) is 1.43. The number of nitriles is 1. The van der Waals surface area contributed by atoms with Gasteiger partial charge in [-0.2, -0.15) is 10.4 Å². The van der Waals surface area contributed by atoms with E-state index >= 15 is 0 Å². The lowest BCUT2D eigenvalue weighted by molar-refractivity contribution is 0.960. The molecule has 0 saturated heterocycles. The molecule has 0 aliphatic rings. The number of aromatic nitrogens is 3. The predicted molar refractivity (Wildman–Crippen MR) is 63.2 cm³/mol. The Bertz CT molecular complexity index is 518. The summed E-state index contributed by atoms with van der Waals surface area (Å²) >= 11 is 0.